The number of nitrogens with one attached hydrogen (secondary N) is 1. The highest BCUT2D eigenvalue weighted by molar-refractivity contribution is 5.98. The predicted molar refractivity (Wildman–Crippen MR) is 87.0 cm³/mol. The number of aromatic nitrogens is 1. The van der Waals surface area contributed by atoms with Gasteiger partial charge in [-0.1, -0.05) is 6.07 Å². The summed E-state index contributed by atoms with van der Waals surface area (Å²) in [5.74, 6) is -0.0571. The summed E-state index contributed by atoms with van der Waals surface area (Å²) in [5, 5.41) is 4.06. The number of amides is 1. The molecule has 0 aliphatic heterocycles. The van der Waals surface area contributed by atoms with Gasteiger partial charge in [0.2, 0.25) is 0 Å². The fourth-order valence-electron chi connectivity index (χ4n) is 3.12. The number of fused-ring (bicyclic) bond motifs is 1. The third kappa shape index (κ3) is 2.59. The predicted octanol–water partition coefficient (Wildman–Crippen LogP) is 3.23. The summed E-state index contributed by atoms with van der Waals surface area (Å²) >= 11 is 0. The number of hydrogen-bond acceptors (Lipinski definition) is 3. The number of carbonyl (C=O) groups excluding carboxylic acids is 1. The average Bonchev–Trinajstić information content (AvgIpc) is 2.46. The summed E-state index contributed by atoms with van der Waals surface area (Å²) in [4.78, 5) is 16.9. The Morgan fingerprint density at radius 2 is 2.09 bits per heavy atom. The molecule has 4 nitrogen and oxygen atoms in total. The van der Waals surface area contributed by atoms with Crippen LogP contribution in [0.2, 0.25) is 0 Å². The van der Waals surface area contributed by atoms with Crippen molar-refractivity contribution in [1.29, 1.82) is 0 Å². The van der Waals surface area contributed by atoms with Crippen LogP contribution in [0.15, 0.2) is 30.3 Å². The van der Waals surface area contributed by atoms with E-state index >= 15 is 0 Å². The highest BCUT2D eigenvalue weighted by Gasteiger charge is 2.42. The highest BCUT2D eigenvalue weighted by Crippen LogP contribution is 2.38. The van der Waals surface area contributed by atoms with E-state index in [0.717, 1.165) is 35.9 Å². The van der Waals surface area contributed by atoms with Crippen molar-refractivity contribution in [3.63, 3.8) is 0 Å². The number of benzene rings is 1. The molecule has 0 spiro atoms. The van der Waals surface area contributed by atoms with Gasteiger partial charge in [0.25, 0.3) is 5.91 Å². The first kappa shape index (κ1) is 15.0. The van der Waals surface area contributed by atoms with Gasteiger partial charge in [-0.3, -0.25) is 9.78 Å². The molecule has 1 atom stereocenters. The zero-order chi connectivity index (χ0) is 15.7. The van der Waals surface area contributed by atoms with Crippen molar-refractivity contribution in [1.82, 2.24) is 10.3 Å². The third-order valence-electron chi connectivity index (χ3n) is 4.83. The molecule has 1 aliphatic carbocycles. The number of rotatable bonds is 4. The smallest absolute Gasteiger partial charge is 0.251 e. The van der Waals surface area contributed by atoms with Crippen molar-refractivity contribution >= 4 is 16.8 Å². The molecule has 0 saturated heterocycles. The molecule has 1 amide bonds. The quantitative estimate of drug-likeness (QED) is 0.943. The molecular formula is C18H22N2O2. The second-order valence-electron chi connectivity index (χ2n) is 6.18. The fraction of sp³-hybridized carbons (Fsp3) is 0.444. The van der Waals surface area contributed by atoms with Crippen LogP contribution in [-0.4, -0.2) is 29.6 Å². The average molecular weight is 298 g/mol. The third-order valence-corrected chi connectivity index (χ3v) is 4.83. The molecular weight excluding hydrogens is 276 g/mol. The topological polar surface area (TPSA) is 51.2 Å². The maximum absolute atomic E-state index is 12.5. The number of carbonyl (C=O) groups is 1. The van der Waals surface area contributed by atoms with Crippen LogP contribution >= 0.6 is 0 Å². The molecule has 1 aromatic heterocycles. The van der Waals surface area contributed by atoms with Gasteiger partial charge < -0.3 is 10.1 Å². The molecule has 1 aromatic carbocycles. The first-order valence-corrected chi connectivity index (χ1v) is 7.77. The van der Waals surface area contributed by atoms with Crippen molar-refractivity contribution in [3.05, 3.63) is 41.6 Å². The van der Waals surface area contributed by atoms with E-state index in [1.807, 2.05) is 44.2 Å². The molecule has 1 saturated carbocycles. The number of ether oxygens (including phenoxy) is 1. The van der Waals surface area contributed by atoms with E-state index in [0.29, 0.717) is 5.56 Å². The van der Waals surface area contributed by atoms with Gasteiger partial charge in [0.05, 0.1) is 17.2 Å². The number of hydrogen-bond donors (Lipinski definition) is 1. The summed E-state index contributed by atoms with van der Waals surface area (Å²) in [5.41, 5.74) is 2.36. The van der Waals surface area contributed by atoms with E-state index in [1.165, 1.54) is 0 Å². The van der Waals surface area contributed by atoms with Crippen LogP contribution in [0.3, 0.4) is 0 Å². The van der Waals surface area contributed by atoms with E-state index < -0.39 is 0 Å². The van der Waals surface area contributed by atoms with Gasteiger partial charge in [0, 0.05) is 23.8 Å². The first-order valence-electron chi connectivity index (χ1n) is 7.77. The Kier molecular flexibility index (Phi) is 3.87. The Hall–Kier alpha value is -1.94. The van der Waals surface area contributed by atoms with Gasteiger partial charge in [-0.05, 0) is 57.4 Å². The van der Waals surface area contributed by atoms with Crippen LogP contribution in [0, 0.1) is 6.92 Å². The largest absolute Gasteiger partial charge is 0.376 e. The van der Waals surface area contributed by atoms with Crippen molar-refractivity contribution in [2.45, 2.75) is 44.8 Å². The Labute approximate surface area is 130 Å². The van der Waals surface area contributed by atoms with Crippen molar-refractivity contribution in [2.75, 3.05) is 7.11 Å². The van der Waals surface area contributed by atoms with Gasteiger partial charge in [-0.15, -0.1) is 0 Å². The number of pyridine rings is 1. The maximum atomic E-state index is 12.5. The maximum Gasteiger partial charge on any atom is 0.251 e. The van der Waals surface area contributed by atoms with Crippen molar-refractivity contribution in [2.24, 2.45) is 0 Å². The highest BCUT2D eigenvalue weighted by atomic mass is 16.5. The summed E-state index contributed by atoms with van der Waals surface area (Å²) in [6, 6.07) is 9.59. The molecule has 2 aromatic rings. The summed E-state index contributed by atoms with van der Waals surface area (Å²) in [6.45, 7) is 3.98. The second-order valence-corrected chi connectivity index (χ2v) is 6.18. The van der Waals surface area contributed by atoms with Crippen molar-refractivity contribution < 1.29 is 9.53 Å². The molecule has 1 heterocycles. The minimum absolute atomic E-state index is 0.00518. The summed E-state index contributed by atoms with van der Waals surface area (Å²) < 4.78 is 5.63. The molecule has 1 unspecified atom stereocenters. The molecule has 0 radical (unpaired) electrons. The van der Waals surface area contributed by atoms with E-state index in [1.54, 1.807) is 7.11 Å². The Bertz CT molecular complexity index is 702. The standard InChI is InChI=1S/C18H22N2O2/c1-12-5-6-14-11-15(7-8-16(14)19-12)17(21)20-13(2)18(22-3)9-4-10-18/h5-8,11,13H,4,9-10H2,1-3H3,(H,20,21). The van der Waals surface area contributed by atoms with Gasteiger partial charge in [0.1, 0.15) is 0 Å². The van der Waals surface area contributed by atoms with E-state index in [4.69, 9.17) is 4.74 Å². The monoisotopic (exact) mass is 298 g/mol. The van der Waals surface area contributed by atoms with Gasteiger partial charge in [-0.25, -0.2) is 0 Å². The zero-order valence-corrected chi connectivity index (χ0v) is 13.3. The lowest BCUT2D eigenvalue weighted by molar-refractivity contribution is -0.0919. The van der Waals surface area contributed by atoms with E-state index in [2.05, 4.69) is 10.3 Å². The van der Waals surface area contributed by atoms with Crippen LogP contribution < -0.4 is 5.32 Å². The summed E-state index contributed by atoms with van der Waals surface area (Å²) in [7, 11) is 1.73. The number of methoxy groups -OCH3 is 1. The molecule has 1 aliphatic rings. The Morgan fingerprint density at radius 3 is 2.73 bits per heavy atom. The lowest BCUT2D eigenvalue weighted by atomic mass is 9.75. The molecule has 116 valence electrons. The van der Waals surface area contributed by atoms with Gasteiger partial charge in [0.15, 0.2) is 0 Å². The lowest BCUT2D eigenvalue weighted by Gasteiger charge is -2.45. The molecule has 1 fully saturated rings. The minimum atomic E-state index is -0.189. The molecule has 0 bridgehead atoms. The SMILES string of the molecule is COC1(C(C)NC(=O)c2ccc3nc(C)ccc3c2)CCC1. The zero-order valence-electron chi connectivity index (χ0n) is 13.3. The van der Waals surface area contributed by atoms with E-state index in [9.17, 15) is 4.79 Å². The molecule has 4 heteroatoms. The molecule has 3 rings (SSSR count). The lowest BCUT2D eigenvalue weighted by Crippen LogP contribution is -2.56. The van der Waals surface area contributed by atoms with Crippen LogP contribution in [0.25, 0.3) is 10.9 Å². The second kappa shape index (κ2) is 5.69. The van der Waals surface area contributed by atoms with Crippen LogP contribution in [0.4, 0.5) is 0 Å². The van der Waals surface area contributed by atoms with Crippen LogP contribution in [-0.2, 0) is 4.74 Å². The normalized spacial score (nSPS) is 17.8. The van der Waals surface area contributed by atoms with E-state index in [-0.39, 0.29) is 17.6 Å². The number of aryl methyl sites for hydroxylation is 1. The fourth-order valence-corrected chi connectivity index (χ4v) is 3.12. The van der Waals surface area contributed by atoms with Crippen molar-refractivity contribution in [3.8, 4) is 0 Å². The van der Waals surface area contributed by atoms with Crippen LogP contribution in [0.5, 0.6) is 0 Å². The van der Waals surface area contributed by atoms with Gasteiger partial charge in [-0.2, -0.15) is 0 Å². The first-order chi connectivity index (χ1) is 10.5. The number of nitrogens with zero attached hydrogens (tertiary/aromatic N) is 1. The van der Waals surface area contributed by atoms with Gasteiger partial charge >= 0.3 is 0 Å². The molecule has 22 heavy (non-hydrogen) atoms. The summed E-state index contributed by atoms with van der Waals surface area (Å²) in [6.07, 6.45) is 3.17. The minimum Gasteiger partial charge on any atom is -0.376 e. The Balaban J connectivity index is 1.78. The Morgan fingerprint density at radius 1 is 1.32 bits per heavy atom. The van der Waals surface area contributed by atoms with Crippen LogP contribution in [0.1, 0.15) is 42.2 Å². The molecule has 1 N–H and O–H groups in total.